The van der Waals surface area contributed by atoms with Crippen LogP contribution in [0.2, 0.25) is 0 Å². The summed E-state index contributed by atoms with van der Waals surface area (Å²) < 4.78 is 22.5. The molecule has 0 aromatic carbocycles. The normalized spacial score (nSPS) is 28.7. The minimum Gasteiger partial charge on any atom is -0.394 e. The van der Waals surface area contributed by atoms with Gasteiger partial charge in [0.25, 0.3) is 0 Å². The second kappa shape index (κ2) is 32.7. The van der Waals surface area contributed by atoms with E-state index in [2.05, 4.69) is 19.2 Å². The number of hydrogen-bond acceptors (Lipinski definition) is 13. The number of carbonyl (C=O) groups excluding carboxylic acids is 1. The minimum atomic E-state index is -1.78. The maximum Gasteiger partial charge on any atom is 0.220 e. The number of rotatable bonds is 35. The fourth-order valence-corrected chi connectivity index (χ4v) is 7.94. The van der Waals surface area contributed by atoms with Gasteiger partial charge in [0.1, 0.15) is 48.8 Å². The molecule has 0 aromatic heterocycles. The van der Waals surface area contributed by atoms with Crippen molar-refractivity contribution in [3.63, 3.8) is 0 Å². The predicted octanol–water partition coefficient (Wildman–Crippen LogP) is 4.66. The average molecular weight is 836 g/mol. The van der Waals surface area contributed by atoms with Gasteiger partial charge >= 0.3 is 0 Å². The molecule has 14 heteroatoms. The molecule has 2 aliphatic heterocycles. The van der Waals surface area contributed by atoms with Crippen molar-refractivity contribution in [1.29, 1.82) is 0 Å². The van der Waals surface area contributed by atoms with Crippen molar-refractivity contribution in [3.8, 4) is 0 Å². The van der Waals surface area contributed by atoms with Crippen LogP contribution < -0.4 is 5.32 Å². The van der Waals surface area contributed by atoms with Crippen molar-refractivity contribution in [2.45, 2.75) is 254 Å². The molecule has 12 atom stereocenters. The van der Waals surface area contributed by atoms with Crippen LogP contribution in [0, 0.1) is 0 Å². The van der Waals surface area contributed by atoms with Gasteiger partial charge in [-0.15, -0.1) is 0 Å². The third-order valence-electron chi connectivity index (χ3n) is 11.8. The van der Waals surface area contributed by atoms with Crippen LogP contribution >= 0.6 is 0 Å². The second-order valence-electron chi connectivity index (χ2n) is 16.9. The smallest absolute Gasteiger partial charge is 0.220 e. The Morgan fingerprint density at radius 2 is 0.983 bits per heavy atom. The van der Waals surface area contributed by atoms with E-state index in [9.17, 15) is 45.6 Å². The molecule has 14 nitrogen and oxygen atoms in total. The molecular weight excluding hydrogens is 750 g/mol. The van der Waals surface area contributed by atoms with Crippen LogP contribution in [0.5, 0.6) is 0 Å². The molecule has 2 heterocycles. The number of aliphatic hydroxyl groups excluding tert-OH is 8. The third kappa shape index (κ3) is 20.7. The lowest BCUT2D eigenvalue weighted by molar-refractivity contribution is -0.359. The molecule has 2 rings (SSSR count). The molecule has 1 amide bonds. The molecule has 12 unspecified atom stereocenters. The van der Waals surface area contributed by atoms with E-state index in [1.54, 1.807) is 0 Å². The summed E-state index contributed by atoms with van der Waals surface area (Å²) >= 11 is 0. The van der Waals surface area contributed by atoms with Gasteiger partial charge < -0.3 is 65.1 Å². The van der Waals surface area contributed by atoms with Gasteiger partial charge in [-0.3, -0.25) is 4.79 Å². The highest BCUT2D eigenvalue weighted by molar-refractivity contribution is 5.76. The molecule has 0 bridgehead atoms. The minimum absolute atomic E-state index is 0.213. The van der Waals surface area contributed by atoms with Gasteiger partial charge in [-0.05, 0) is 12.8 Å². The van der Waals surface area contributed by atoms with Gasteiger partial charge in [-0.25, -0.2) is 0 Å². The van der Waals surface area contributed by atoms with E-state index >= 15 is 0 Å². The molecular formula is C44H85NO13. The highest BCUT2D eigenvalue weighted by Gasteiger charge is 2.51. The summed E-state index contributed by atoms with van der Waals surface area (Å²) in [6.45, 7) is 2.72. The van der Waals surface area contributed by atoms with E-state index in [0.717, 1.165) is 51.4 Å². The highest BCUT2D eigenvalue weighted by atomic mass is 16.7. The topological polar surface area (TPSA) is 228 Å². The maximum absolute atomic E-state index is 13.0. The van der Waals surface area contributed by atoms with Gasteiger partial charge in [0.2, 0.25) is 5.91 Å². The van der Waals surface area contributed by atoms with E-state index in [4.69, 9.17) is 18.9 Å². The van der Waals surface area contributed by atoms with Gasteiger partial charge in [0.15, 0.2) is 12.6 Å². The van der Waals surface area contributed by atoms with Crippen molar-refractivity contribution in [2.24, 2.45) is 0 Å². The fraction of sp³-hybridized carbons (Fsp3) is 0.977. The molecule has 344 valence electrons. The van der Waals surface area contributed by atoms with E-state index < -0.39 is 86.8 Å². The molecule has 58 heavy (non-hydrogen) atoms. The molecule has 0 spiro atoms. The van der Waals surface area contributed by atoms with Crippen LogP contribution in [0.3, 0.4) is 0 Å². The molecule has 2 saturated heterocycles. The van der Waals surface area contributed by atoms with Gasteiger partial charge in [0.05, 0.1) is 32.0 Å². The number of carbonyl (C=O) groups is 1. The fourth-order valence-electron chi connectivity index (χ4n) is 7.94. The lowest BCUT2D eigenvalue weighted by Gasteiger charge is -2.46. The first-order valence-corrected chi connectivity index (χ1v) is 23.3. The van der Waals surface area contributed by atoms with E-state index in [0.29, 0.717) is 12.8 Å². The zero-order chi connectivity index (χ0) is 42.5. The van der Waals surface area contributed by atoms with Crippen LogP contribution in [0.15, 0.2) is 0 Å². The Bertz CT molecular complexity index is 993. The number of unbranched alkanes of at least 4 members (excludes halogenated alkanes) is 22. The van der Waals surface area contributed by atoms with Crippen LogP contribution in [-0.2, 0) is 23.7 Å². The van der Waals surface area contributed by atoms with Crippen LogP contribution in [0.25, 0.3) is 0 Å². The zero-order valence-corrected chi connectivity index (χ0v) is 36.1. The SMILES string of the molecule is CCCCCCCCCCCCCCCCCCCCCCC(=O)NC(COC1OC(CO)C(OC2OC(CO)C(O)C(O)C2O)C(O)C1O)C(O)CCCCCC. The van der Waals surface area contributed by atoms with E-state index in [1.807, 2.05) is 0 Å². The Balaban J connectivity index is 1.70. The van der Waals surface area contributed by atoms with Crippen molar-refractivity contribution < 1.29 is 64.6 Å². The summed E-state index contributed by atoms with van der Waals surface area (Å²) in [5.41, 5.74) is 0. The first-order valence-electron chi connectivity index (χ1n) is 23.3. The van der Waals surface area contributed by atoms with Gasteiger partial charge in [-0.2, -0.15) is 0 Å². The lowest BCUT2D eigenvalue weighted by atomic mass is 9.97. The monoisotopic (exact) mass is 836 g/mol. The molecule has 0 saturated carbocycles. The number of aliphatic hydroxyl groups is 8. The number of amides is 1. The van der Waals surface area contributed by atoms with Crippen LogP contribution in [-0.4, -0.2) is 140 Å². The zero-order valence-electron chi connectivity index (χ0n) is 36.1. The number of nitrogens with one attached hydrogen (secondary N) is 1. The van der Waals surface area contributed by atoms with Crippen molar-refractivity contribution in [2.75, 3.05) is 19.8 Å². The molecule has 0 radical (unpaired) electrons. The van der Waals surface area contributed by atoms with Crippen LogP contribution in [0.4, 0.5) is 0 Å². The average Bonchev–Trinajstić information content (AvgIpc) is 3.22. The molecule has 2 aliphatic rings. The van der Waals surface area contributed by atoms with E-state index in [-0.39, 0.29) is 12.5 Å². The largest absolute Gasteiger partial charge is 0.394 e. The Morgan fingerprint density at radius 3 is 1.47 bits per heavy atom. The number of ether oxygens (including phenoxy) is 4. The summed E-state index contributed by atoms with van der Waals surface area (Å²) in [5, 5.41) is 86.0. The Morgan fingerprint density at radius 1 is 0.552 bits per heavy atom. The highest BCUT2D eigenvalue weighted by Crippen LogP contribution is 2.30. The first-order chi connectivity index (χ1) is 28.1. The quantitative estimate of drug-likeness (QED) is 0.0397. The molecule has 0 aromatic rings. The molecule has 0 aliphatic carbocycles. The Labute approximate surface area is 349 Å². The summed E-state index contributed by atoms with van der Waals surface area (Å²) in [7, 11) is 0. The summed E-state index contributed by atoms with van der Waals surface area (Å²) in [6, 6.07) is -0.817. The Kier molecular flexibility index (Phi) is 29.9. The maximum atomic E-state index is 13.0. The van der Waals surface area contributed by atoms with E-state index in [1.165, 1.54) is 103 Å². The standard InChI is InChI=1S/C44H85NO13/c1-3-5-7-9-10-11-12-13-14-15-16-17-18-19-20-21-22-23-24-26-28-36(49)45-32(33(48)27-25-8-6-4-2)31-55-43-41(54)39(52)42(35(30-47)57-43)58-44-40(53)38(51)37(50)34(29-46)56-44/h32-35,37-44,46-48,50-54H,3-31H2,1-2H3,(H,45,49). The summed E-state index contributed by atoms with van der Waals surface area (Å²) in [6.07, 6.45) is 13.4. The van der Waals surface area contributed by atoms with Crippen molar-refractivity contribution >= 4 is 5.91 Å². The molecule has 2 fully saturated rings. The number of hydrogen-bond donors (Lipinski definition) is 9. The van der Waals surface area contributed by atoms with Gasteiger partial charge in [-0.1, -0.05) is 162 Å². The lowest BCUT2D eigenvalue weighted by Crippen LogP contribution is -2.65. The first kappa shape index (κ1) is 53.1. The Hall–Kier alpha value is -1.01. The van der Waals surface area contributed by atoms with Crippen LogP contribution in [0.1, 0.15) is 181 Å². The van der Waals surface area contributed by atoms with Crippen molar-refractivity contribution in [3.05, 3.63) is 0 Å². The predicted molar refractivity (Wildman–Crippen MR) is 222 cm³/mol. The summed E-state index contributed by atoms with van der Waals surface area (Å²) in [4.78, 5) is 13.0. The molecule has 9 N–H and O–H groups in total. The third-order valence-corrected chi connectivity index (χ3v) is 11.8. The second-order valence-corrected chi connectivity index (χ2v) is 16.9. The summed E-state index contributed by atoms with van der Waals surface area (Å²) in [5.74, 6) is -0.213. The van der Waals surface area contributed by atoms with Crippen molar-refractivity contribution in [1.82, 2.24) is 5.32 Å². The van der Waals surface area contributed by atoms with Gasteiger partial charge in [0, 0.05) is 6.42 Å².